The monoisotopic (exact) mass is 273 g/mol. The van der Waals surface area contributed by atoms with E-state index in [1.54, 1.807) is 6.08 Å². The lowest BCUT2D eigenvalue weighted by atomic mass is 9.89. The largest absolute Gasteiger partial charge is 0.352 e. The van der Waals surface area contributed by atoms with Crippen LogP contribution in [-0.4, -0.2) is 43.5 Å². The van der Waals surface area contributed by atoms with Crippen molar-refractivity contribution in [1.82, 2.24) is 10.2 Å². The molecule has 4 nitrogen and oxygen atoms in total. The van der Waals surface area contributed by atoms with Gasteiger partial charge in [-0.3, -0.25) is 9.69 Å². The van der Waals surface area contributed by atoms with Crippen LogP contribution in [-0.2, 0) is 4.79 Å². The summed E-state index contributed by atoms with van der Waals surface area (Å²) in [7, 11) is 0. The Bertz CT molecular complexity index is 446. The third kappa shape index (κ3) is 3.68. The first-order valence-corrected chi connectivity index (χ1v) is 7.09. The molecule has 1 heterocycles. The molecule has 1 fully saturated rings. The van der Waals surface area contributed by atoms with Crippen LogP contribution >= 0.6 is 0 Å². The van der Waals surface area contributed by atoms with Crippen molar-refractivity contribution in [2.75, 3.05) is 32.7 Å². The van der Waals surface area contributed by atoms with Gasteiger partial charge in [0.2, 0.25) is 5.91 Å². The average molecular weight is 273 g/mol. The third-order valence-electron chi connectivity index (χ3n) is 3.86. The van der Waals surface area contributed by atoms with Gasteiger partial charge in [0, 0.05) is 25.6 Å². The van der Waals surface area contributed by atoms with Crippen molar-refractivity contribution >= 4 is 5.91 Å². The van der Waals surface area contributed by atoms with E-state index >= 15 is 0 Å². The van der Waals surface area contributed by atoms with Crippen molar-refractivity contribution in [3.63, 3.8) is 0 Å². The first-order chi connectivity index (χ1) is 9.74. The molecule has 0 aromatic heterocycles. The molecule has 3 N–H and O–H groups in total. The molecule has 1 aromatic rings. The zero-order chi connectivity index (χ0) is 14.4. The van der Waals surface area contributed by atoms with E-state index in [4.69, 9.17) is 5.73 Å². The normalized spacial score (nSPS) is 22.6. The number of hydrogen-bond acceptors (Lipinski definition) is 3. The maximum absolute atomic E-state index is 11.8. The predicted octanol–water partition coefficient (Wildman–Crippen LogP) is 0.963. The summed E-state index contributed by atoms with van der Waals surface area (Å²) in [6.07, 6.45) is 1.69. The van der Waals surface area contributed by atoms with Crippen LogP contribution < -0.4 is 11.1 Å². The number of benzene rings is 1. The molecular formula is C16H23N3O. The van der Waals surface area contributed by atoms with E-state index < -0.39 is 0 Å². The highest BCUT2D eigenvalue weighted by Gasteiger charge is 2.33. The lowest BCUT2D eigenvalue weighted by Crippen LogP contribution is -2.36. The summed E-state index contributed by atoms with van der Waals surface area (Å²) in [4.78, 5) is 14.0. The quantitative estimate of drug-likeness (QED) is 0.759. The van der Waals surface area contributed by atoms with E-state index in [1.807, 2.05) is 6.07 Å². The van der Waals surface area contributed by atoms with E-state index in [0.29, 0.717) is 31.5 Å². The standard InChI is InChI=1S/C16H23N3O/c1-2-8-18-16(20)12-19-10-14(9-17)15(11-19)13-6-4-3-5-7-13/h2-7,14-15H,1,8-12,17H2,(H,18,20)/t14-,15+/m1/s1. The van der Waals surface area contributed by atoms with E-state index in [1.165, 1.54) is 5.56 Å². The molecule has 0 aliphatic carbocycles. The minimum absolute atomic E-state index is 0.0504. The highest BCUT2D eigenvalue weighted by molar-refractivity contribution is 5.78. The Morgan fingerprint density at radius 3 is 2.80 bits per heavy atom. The first-order valence-electron chi connectivity index (χ1n) is 7.09. The fourth-order valence-corrected chi connectivity index (χ4v) is 2.85. The number of nitrogens with one attached hydrogen (secondary N) is 1. The Balaban J connectivity index is 1.96. The van der Waals surface area contributed by atoms with Crippen LogP contribution in [0.4, 0.5) is 0 Å². The topological polar surface area (TPSA) is 58.4 Å². The molecular weight excluding hydrogens is 250 g/mol. The second-order valence-corrected chi connectivity index (χ2v) is 5.30. The summed E-state index contributed by atoms with van der Waals surface area (Å²) >= 11 is 0. The van der Waals surface area contributed by atoms with Crippen LogP contribution in [0.15, 0.2) is 43.0 Å². The number of nitrogens with zero attached hydrogens (tertiary/aromatic N) is 1. The molecule has 20 heavy (non-hydrogen) atoms. The smallest absolute Gasteiger partial charge is 0.234 e. The predicted molar refractivity (Wildman–Crippen MR) is 81.4 cm³/mol. The van der Waals surface area contributed by atoms with Crippen molar-refractivity contribution in [2.24, 2.45) is 11.7 Å². The van der Waals surface area contributed by atoms with E-state index in [0.717, 1.165) is 13.1 Å². The molecule has 0 saturated carbocycles. The Labute approximate surface area is 120 Å². The third-order valence-corrected chi connectivity index (χ3v) is 3.86. The lowest BCUT2D eigenvalue weighted by molar-refractivity contribution is -0.121. The van der Waals surface area contributed by atoms with Gasteiger partial charge >= 0.3 is 0 Å². The SMILES string of the molecule is C=CCNC(=O)CN1C[C@@H](CN)[C@H](c2ccccc2)C1. The van der Waals surface area contributed by atoms with Gasteiger partial charge in [-0.25, -0.2) is 0 Å². The molecule has 4 heteroatoms. The molecule has 2 rings (SSSR count). The lowest BCUT2D eigenvalue weighted by Gasteiger charge is -2.16. The average Bonchev–Trinajstić information content (AvgIpc) is 2.89. The maximum atomic E-state index is 11.8. The number of likely N-dealkylation sites (tertiary alicyclic amines) is 1. The highest BCUT2D eigenvalue weighted by Crippen LogP contribution is 2.31. The van der Waals surface area contributed by atoms with Gasteiger partial charge in [-0.05, 0) is 18.0 Å². The van der Waals surface area contributed by atoms with Crippen LogP contribution in [0.3, 0.4) is 0 Å². The molecule has 1 aliphatic heterocycles. The minimum atomic E-state index is 0.0504. The number of amides is 1. The number of carbonyl (C=O) groups is 1. The summed E-state index contributed by atoms with van der Waals surface area (Å²) in [5.74, 6) is 0.896. The van der Waals surface area contributed by atoms with Crippen molar-refractivity contribution in [3.8, 4) is 0 Å². The van der Waals surface area contributed by atoms with Crippen molar-refractivity contribution in [2.45, 2.75) is 5.92 Å². The van der Waals surface area contributed by atoms with Gasteiger partial charge in [0.25, 0.3) is 0 Å². The number of carbonyl (C=O) groups excluding carboxylic acids is 1. The van der Waals surface area contributed by atoms with Gasteiger partial charge in [-0.2, -0.15) is 0 Å². The molecule has 2 atom stereocenters. The first kappa shape index (κ1) is 14.8. The van der Waals surface area contributed by atoms with Crippen LogP contribution in [0.25, 0.3) is 0 Å². The van der Waals surface area contributed by atoms with Crippen molar-refractivity contribution < 1.29 is 4.79 Å². The number of hydrogen-bond donors (Lipinski definition) is 2. The highest BCUT2D eigenvalue weighted by atomic mass is 16.2. The molecule has 1 saturated heterocycles. The zero-order valence-electron chi connectivity index (χ0n) is 11.8. The molecule has 1 aliphatic rings. The van der Waals surface area contributed by atoms with Gasteiger partial charge < -0.3 is 11.1 Å². The minimum Gasteiger partial charge on any atom is -0.352 e. The van der Waals surface area contributed by atoms with Gasteiger partial charge in [0.15, 0.2) is 0 Å². The Hall–Kier alpha value is -1.65. The fraction of sp³-hybridized carbons (Fsp3) is 0.438. The van der Waals surface area contributed by atoms with E-state index in [2.05, 4.69) is 41.1 Å². The second-order valence-electron chi connectivity index (χ2n) is 5.30. The van der Waals surface area contributed by atoms with Crippen LogP contribution in [0.5, 0.6) is 0 Å². The summed E-state index contributed by atoms with van der Waals surface area (Å²) in [6.45, 7) is 7.00. The maximum Gasteiger partial charge on any atom is 0.234 e. The second kappa shape index (κ2) is 7.22. The summed E-state index contributed by atoms with van der Waals surface area (Å²) in [5.41, 5.74) is 7.21. The van der Waals surface area contributed by atoms with Crippen molar-refractivity contribution in [3.05, 3.63) is 48.6 Å². The summed E-state index contributed by atoms with van der Waals surface area (Å²) in [5, 5.41) is 2.82. The summed E-state index contributed by atoms with van der Waals surface area (Å²) in [6, 6.07) is 10.4. The molecule has 0 spiro atoms. The number of rotatable bonds is 6. The zero-order valence-corrected chi connectivity index (χ0v) is 11.8. The van der Waals surface area contributed by atoms with Gasteiger partial charge in [-0.15, -0.1) is 6.58 Å². The molecule has 0 radical (unpaired) electrons. The van der Waals surface area contributed by atoms with Crippen LogP contribution in [0.2, 0.25) is 0 Å². The molecule has 1 amide bonds. The van der Waals surface area contributed by atoms with Crippen LogP contribution in [0, 0.1) is 5.92 Å². The number of nitrogens with two attached hydrogens (primary N) is 1. The van der Waals surface area contributed by atoms with E-state index in [9.17, 15) is 4.79 Å². The summed E-state index contributed by atoms with van der Waals surface area (Å²) < 4.78 is 0. The van der Waals surface area contributed by atoms with Gasteiger partial charge in [-0.1, -0.05) is 36.4 Å². The fourth-order valence-electron chi connectivity index (χ4n) is 2.85. The Kier molecular flexibility index (Phi) is 5.32. The molecule has 108 valence electrons. The Morgan fingerprint density at radius 2 is 2.15 bits per heavy atom. The van der Waals surface area contributed by atoms with Gasteiger partial charge in [0.1, 0.15) is 0 Å². The van der Waals surface area contributed by atoms with Gasteiger partial charge in [0.05, 0.1) is 6.54 Å². The molecule has 0 bridgehead atoms. The van der Waals surface area contributed by atoms with Crippen molar-refractivity contribution in [1.29, 1.82) is 0 Å². The Morgan fingerprint density at radius 1 is 1.40 bits per heavy atom. The van der Waals surface area contributed by atoms with E-state index in [-0.39, 0.29) is 5.91 Å². The molecule has 0 unspecified atom stereocenters. The molecule has 1 aromatic carbocycles. The van der Waals surface area contributed by atoms with Crippen LogP contribution in [0.1, 0.15) is 11.5 Å².